The number of hydrogen-bond acceptors (Lipinski definition) is 9. The van der Waals surface area contributed by atoms with Gasteiger partial charge in [0.15, 0.2) is 10.1 Å². The van der Waals surface area contributed by atoms with Gasteiger partial charge in [-0.1, -0.05) is 143 Å². The standard InChI is InChI=1S/C12H10ClNO2S.C12H10ClNOS.C12H10ClNS.C6H5Cl2N.C6H6S.Cu.4H2O/c1-9-7-11(13)12(14-8-9)17(15,16)10-5-3-2-4-6-10;1-9-7-11(13)12(14-8-9)16(15)10-5-3-2-4-6-10;1-9-7-11(13)12(14-8-9)15-10-5-3-2-4-6-10;1-4-2-5(7)6(8)9-3-4;7-6-4-2-1-3-5-6;;;;;/h2-8H,1H3;2-8H,1H3;2-8H,1H3;2-3H,1H3;1-5,7H;;4*1H2. The predicted octanol–water partition coefficient (Wildman–Crippen LogP) is 11.7. The molecule has 21 heteroatoms. The third-order valence-corrected chi connectivity index (χ3v) is 14.2. The maximum absolute atomic E-state index is 12.2. The largest absolute Gasteiger partial charge is 0.412 e. The van der Waals surface area contributed by atoms with Gasteiger partial charge in [0.05, 0.1) is 25.0 Å². The van der Waals surface area contributed by atoms with Crippen molar-refractivity contribution in [3.05, 3.63) is 218 Å². The molecule has 8 N–H and O–H groups in total. The summed E-state index contributed by atoms with van der Waals surface area (Å²) in [4.78, 5) is 19.2. The Hall–Kier alpha value is -3.91. The molecular weight excluding hydrogens is 1110 g/mol. The van der Waals surface area contributed by atoms with E-state index in [1.54, 1.807) is 79.6 Å². The van der Waals surface area contributed by atoms with Crippen LogP contribution in [0.3, 0.4) is 0 Å². The second-order valence-corrected chi connectivity index (χ2v) is 20.2. The van der Waals surface area contributed by atoms with Gasteiger partial charge < -0.3 is 21.9 Å². The van der Waals surface area contributed by atoms with Crippen molar-refractivity contribution in [2.75, 3.05) is 0 Å². The third-order valence-electron chi connectivity index (χ3n) is 7.92. The summed E-state index contributed by atoms with van der Waals surface area (Å²) < 4.78 is 36.6. The van der Waals surface area contributed by atoms with Crippen LogP contribution < -0.4 is 0 Å². The number of pyridine rings is 4. The van der Waals surface area contributed by atoms with E-state index in [-0.39, 0.29) is 53.9 Å². The van der Waals surface area contributed by atoms with Gasteiger partial charge >= 0.3 is 0 Å². The number of rotatable bonds is 6. The van der Waals surface area contributed by atoms with E-state index in [1.165, 1.54) is 18.3 Å². The normalized spacial score (nSPS) is 10.1. The van der Waals surface area contributed by atoms with Gasteiger partial charge in [0.2, 0.25) is 9.84 Å². The summed E-state index contributed by atoms with van der Waals surface area (Å²) in [5.74, 6) is 0. The molecule has 1 unspecified atom stereocenters. The first-order valence-corrected chi connectivity index (χ1v) is 24.7. The Bertz CT molecular complexity index is 2880. The van der Waals surface area contributed by atoms with Gasteiger partial charge in [-0.2, -0.15) is 0 Å². The first kappa shape index (κ1) is 67.2. The molecule has 373 valence electrons. The average Bonchev–Trinajstić information content (AvgIpc) is 3.28. The number of aryl methyl sites for hydroxylation is 4. The molecule has 11 nitrogen and oxygen atoms in total. The van der Waals surface area contributed by atoms with E-state index >= 15 is 0 Å². The predicted molar refractivity (Wildman–Crippen MR) is 283 cm³/mol. The molecule has 4 heterocycles. The molecule has 0 fully saturated rings. The van der Waals surface area contributed by atoms with Crippen LogP contribution in [0, 0.1) is 27.7 Å². The Morgan fingerprint density at radius 1 is 0.507 bits per heavy atom. The van der Waals surface area contributed by atoms with E-state index in [9.17, 15) is 12.6 Å². The van der Waals surface area contributed by atoms with E-state index < -0.39 is 20.6 Å². The zero-order valence-corrected chi connectivity index (χ0v) is 45.1. The molecule has 0 amide bonds. The van der Waals surface area contributed by atoms with Crippen LogP contribution in [0.5, 0.6) is 0 Å². The molecule has 0 aliphatic rings. The van der Waals surface area contributed by atoms with E-state index in [1.807, 2.05) is 112 Å². The van der Waals surface area contributed by atoms with Crippen molar-refractivity contribution in [2.24, 2.45) is 0 Å². The molecule has 0 spiro atoms. The summed E-state index contributed by atoms with van der Waals surface area (Å²) in [6.45, 7) is 7.59. The van der Waals surface area contributed by atoms with Crippen molar-refractivity contribution < 1.29 is 51.6 Å². The Balaban J connectivity index is 0. The van der Waals surface area contributed by atoms with Crippen LogP contribution >= 0.6 is 82.4 Å². The number of thiol groups is 1. The van der Waals surface area contributed by atoms with Gasteiger partial charge in [-0.05, 0) is 123 Å². The molecule has 8 rings (SSSR count). The summed E-state index contributed by atoms with van der Waals surface area (Å²) in [5, 5.41) is 3.35. The van der Waals surface area contributed by atoms with Crippen LogP contribution in [-0.4, -0.2) is 54.5 Å². The number of benzene rings is 4. The molecule has 0 aliphatic carbocycles. The molecule has 4 aromatic heterocycles. The van der Waals surface area contributed by atoms with E-state index in [4.69, 9.17) is 58.0 Å². The molecule has 1 radical (unpaired) electrons. The molecule has 8 aromatic rings. The van der Waals surface area contributed by atoms with Crippen molar-refractivity contribution in [1.82, 2.24) is 19.9 Å². The number of halogens is 5. The van der Waals surface area contributed by atoms with Crippen molar-refractivity contribution in [1.29, 1.82) is 0 Å². The zero-order chi connectivity index (χ0) is 46.6. The second kappa shape index (κ2) is 34.4. The Labute approximate surface area is 451 Å². The monoisotopic (exact) mass is 1160 g/mol. The summed E-state index contributed by atoms with van der Waals surface area (Å²) in [7, 11) is -4.94. The number of aromatic nitrogens is 4. The third kappa shape index (κ3) is 22.8. The van der Waals surface area contributed by atoms with Crippen molar-refractivity contribution >= 4 is 103 Å². The fraction of sp³-hybridized carbons (Fsp3) is 0.0833. The maximum atomic E-state index is 12.2. The first-order chi connectivity index (χ1) is 30.5. The molecule has 1 atom stereocenters. The van der Waals surface area contributed by atoms with Crippen molar-refractivity contribution in [2.45, 2.75) is 62.4 Å². The van der Waals surface area contributed by atoms with Crippen LogP contribution in [-0.2, 0) is 37.7 Å². The SMILES string of the molecule is Cc1cnc(Cl)c(Cl)c1.Cc1cnc(S(=O)(=O)c2ccccc2)c(Cl)c1.Cc1cnc(S(=O)c2ccccc2)c(Cl)c1.Cc1cnc(Sc2ccccc2)c(Cl)c1.O.O.O.O.Sc1ccccc1.[Cu]. The minimum absolute atomic E-state index is 0. The maximum Gasteiger partial charge on any atom is 0.225 e. The molecule has 0 aliphatic heterocycles. The van der Waals surface area contributed by atoms with Crippen LogP contribution in [0.2, 0.25) is 25.2 Å². The fourth-order valence-electron chi connectivity index (χ4n) is 4.88. The van der Waals surface area contributed by atoms with Gasteiger partial charge in [-0.25, -0.2) is 32.6 Å². The van der Waals surface area contributed by atoms with Crippen molar-refractivity contribution in [3.8, 4) is 0 Å². The topological polar surface area (TPSA) is 229 Å². The fourth-order valence-corrected chi connectivity index (χ4v) is 9.71. The van der Waals surface area contributed by atoms with Gasteiger partial charge in [-0.3, -0.25) is 0 Å². The van der Waals surface area contributed by atoms with Crippen molar-refractivity contribution in [3.63, 3.8) is 0 Å². The Kier molecular flexibility index (Phi) is 33.5. The average molecular weight is 1160 g/mol. The van der Waals surface area contributed by atoms with Crippen LogP contribution in [0.1, 0.15) is 22.3 Å². The zero-order valence-electron chi connectivity index (χ0n) is 37.0. The van der Waals surface area contributed by atoms with Gasteiger partial charge in [0.1, 0.15) is 21.0 Å². The van der Waals surface area contributed by atoms with Crippen LogP contribution in [0.15, 0.2) is 205 Å². The number of nitrogens with zero attached hydrogens (tertiary/aromatic N) is 4. The molecule has 4 aromatic carbocycles. The Morgan fingerprint density at radius 2 is 0.913 bits per heavy atom. The minimum Gasteiger partial charge on any atom is -0.412 e. The number of hydrogen-bond donors (Lipinski definition) is 1. The quantitative estimate of drug-likeness (QED) is 0.0954. The smallest absolute Gasteiger partial charge is 0.225 e. The summed E-state index contributed by atoms with van der Waals surface area (Å²) in [6, 6.07) is 44.2. The van der Waals surface area contributed by atoms with Crippen LogP contribution in [0.4, 0.5) is 0 Å². The minimum atomic E-state index is -3.63. The first-order valence-electron chi connectivity index (χ1n) is 18.9. The van der Waals surface area contributed by atoms with E-state index in [0.717, 1.165) is 37.1 Å². The van der Waals surface area contributed by atoms with E-state index in [2.05, 4.69) is 32.6 Å². The molecule has 69 heavy (non-hydrogen) atoms. The second-order valence-electron chi connectivity index (χ2n) is 13.3. The number of sulfone groups is 1. The Morgan fingerprint density at radius 3 is 1.35 bits per heavy atom. The van der Waals surface area contributed by atoms with Crippen LogP contribution in [0.25, 0.3) is 0 Å². The van der Waals surface area contributed by atoms with Gasteiger partial charge in [-0.15, -0.1) is 12.6 Å². The molecule has 0 saturated heterocycles. The summed E-state index contributed by atoms with van der Waals surface area (Å²) >= 11 is 34.9. The summed E-state index contributed by atoms with van der Waals surface area (Å²) in [6.07, 6.45) is 6.66. The van der Waals surface area contributed by atoms with E-state index in [0.29, 0.717) is 30.1 Å². The summed E-state index contributed by atoms with van der Waals surface area (Å²) in [5.41, 5.74) is 3.88. The molecule has 0 saturated carbocycles. The molecule has 0 bridgehead atoms. The molecular formula is C48H49Cl5CuN4O7S4. The van der Waals surface area contributed by atoms with Gasteiger partial charge in [0.25, 0.3) is 0 Å². The van der Waals surface area contributed by atoms with Gasteiger partial charge in [0, 0.05) is 56.5 Å².